The highest BCUT2D eigenvalue weighted by Crippen LogP contribution is 2.35. The molecule has 6 rings (SSSR count). The smallest absolute Gasteiger partial charge is 0.273 e. The lowest BCUT2D eigenvalue weighted by atomic mass is 9.95. The summed E-state index contributed by atoms with van der Waals surface area (Å²) < 4.78 is 29.5. The molecular weight excluding hydrogens is 558 g/mol. The molecule has 0 radical (unpaired) electrons. The number of rotatable bonds is 5. The number of likely N-dealkylation sites (tertiary alicyclic amines) is 1. The summed E-state index contributed by atoms with van der Waals surface area (Å²) in [5.74, 6) is -1.39. The average Bonchev–Trinajstić information content (AvgIpc) is 3.57. The quantitative estimate of drug-likeness (QED) is 0.258. The van der Waals surface area contributed by atoms with Gasteiger partial charge in [0.15, 0.2) is 5.13 Å². The molecule has 1 amide bonds. The van der Waals surface area contributed by atoms with Crippen LogP contribution >= 0.6 is 22.9 Å². The Morgan fingerprint density at radius 3 is 2.83 bits per heavy atom. The molecule has 0 aliphatic carbocycles. The Kier molecular flexibility index (Phi) is 6.95. The number of thiazole rings is 1. The van der Waals surface area contributed by atoms with Crippen LogP contribution in [0.5, 0.6) is 0 Å². The molecule has 3 N–H and O–H groups in total. The van der Waals surface area contributed by atoms with E-state index in [-0.39, 0.29) is 35.7 Å². The first-order valence-electron chi connectivity index (χ1n) is 12.3. The number of amides is 1. The Balaban J connectivity index is 1.29. The fraction of sp³-hybridized carbons (Fsp3) is 0.185. The summed E-state index contributed by atoms with van der Waals surface area (Å²) >= 11 is 7.54. The zero-order chi connectivity index (χ0) is 27.8. The molecule has 2 aromatic carbocycles. The van der Waals surface area contributed by atoms with E-state index in [0.717, 1.165) is 6.42 Å². The van der Waals surface area contributed by atoms with Gasteiger partial charge in [0, 0.05) is 46.4 Å². The molecule has 2 aromatic heterocycles. The predicted octanol–water partition coefficient (Wildman–Crippen LogP) is 4.83. The van der Waals surface area contributed by atoms with Gasteiger partial charge in [-0.3, -0.25) is 14.8 Å². The van der Waals surface area contributed by atoms with Gasteiger partial charge in [-0.05, 0) is 30.7 Å². The van der Waals surface area contributed by atoms with Crippen molar-refractivity contribution in [1.29, 1.82) is 0 Å². The molecule has 1 fully saturated rings. The maximum Gasteiger partial charge on any atom is 0.273 e. The number of benzene rings is 2. The molecule has 9 nitrogen and oxygen atoms in total. The summed E-state index contributed by atoms with van der Waals surface area (Å²) in [6.07, 6.45) is 3.62. The molecular formula is C27H21ClF2N8OS. The average molecular weight is 579 g/mol. The van der Waals surface area contributed by atoms with Gasteiger partial charge in [-0.1, -0.05) is 23.7 Å². The summed E-state index contributed by atoms with van der Waals surface area (Å²) in [5, 5.41) is 5.56. The van der Waals surface area contributed by atoms with Crippen LogP contribution in [0.1, 0.15) is 33.6 Å². The molecule has 1 atom stereocenters. The third kappa shape index (κ3) is 4.91. The third-order valence-electron chi connectivity index (χ3n) is 6.65. The van der Waals surface area contributed by atoms with Gasteiger partial charge < -0.3 is 16.0 Å². The van der Waals surface area contributed by atoms with Gasteiger partial charge in [0.05, 0.1) is 35.9 Å². The van der Waals surface area contributed by atoms with Crippen LogP contribution in [-0.4, -0.2) is 56.9 Å². The molecule has 4 aromatic rings. The number of nitrogens with one attached hydrogen (secondary N) is 1. The van der Waals surface area contributed by atoms with Crippen LogP contribution in [0.4, 0.5) is 19.9 Å². The van der Waals surface area contributed by atoms with E-state index in [1.807, 2.05) is 0 Å². The Bertz CT molecular complexity index is 1670. The van der Waals surface area contributed by atoms with Crippen LogP contribution < -0.4 is 11.1 Å². The summed E-state index contributed by atoms with van der Waals surface area (Å²) in [6, 6.07) is 8.72. The highest BCUT2D eigenvalue weighted by Gasteiger charge is 2.28. The normalized spacial score (nSPS) is 16.4. The number of hydrogen-bond donors (Lipinski definition) is 2. The van der Waals surface area contributed by atoms with Gasteiger partial charge in [0.1, 0.15) is 17.3 Å². The molecule has 2 aliphatic heterocycles. The molecule has 40 heavy (non-hydrogen) atoms. The monoisotopic (exact) mass is 578 g/mol. The van der Waals surface area contributed by atoms with Gasteiger partial charge in [-0.15, -0.1) is 11.3 Å². The number of aromatic nitrogens is 3. The van der Waals surface area contributed by atoms with Crippen molar-refractivity contribution in [2.24, 2.45) is 15.7 Å². The first kappa shape index (κ1) is 26.0. The Morgan fingerprint density at radius 2 is 2.02 bits per heavy atom. The van der Waals surface area contributed by atoms with E-state index in [0.29, 0.717) is 51.3 Å². The van der Waals surface area contributed by atoms with E-state index in [1.165, 1.54) is 35.9 Å². The largest absolute Gasteiger partial charge is 0.390 e. The number of nitrogens with two attached hydrogens (primary N) is 1. The van der Waals surface area contributed by atoms with E-state index in [2.05, 4.69) is 25.3 Å². The molecule has 2 aliphatic rings. The van der Waals surface area contributed by atoms with Gasteiger partial charge in [-0.25, -0.2) is 23.7 Å². The number of halogens is 3. The van der Waals surface area contributed by atoms with Crippen LogP contribution in [0.15, 0.2) is 58.0 Å². The van der Waals surface area contributed by atoms with Crippen molar-refractivity contribution in [3.05, 3.63) is 87.0 Å². The molecule has 202 valence electrons. The van der Waals surface area contributed by atoms with Crippen LogP contribution in [0.2, 0.25) is 5.02 Å². The van der Waals surface area contributed by atoms with Crippen LogP contribution in [0.25, 0.3) is 11.3 Å². The summed E-state index contributed by atoms with van der Waals surface area (Å²) in [7, 11) is 0. The van der Waals surface area contributed by atoms with Crippen molar-refractivity contribution < 1.29 is 13.6 Å². The van der Waals surface area contributed by atoms with Crippen molar-refractivity contribution in [3.8, 4) is 11.3 Å². The first-order valence-corrected chi connectivity index (χ1v) is 13.6. The van der Waals surface area contributed by atoms with E-state index in [9.17, 15) is 13.6 Å². The maximum atomic E-state index is 14.8. The van der Waals surface area contributed by atoms with Crippen molar-refractivity contribution in [2.45, 2.75) is 19.0 Å². The lowest BCUT2D eigenvalue weighted by molar-refractivity contribution is 0.0786. The fourth-order valence-electron chi connectivity index (χ4n) is 4.78. The molecule has 0 bridgehead atoms. The standard InChI is InChI=1S/C27H21ClF2N8OS/c28-15-4-5-17-18(8-15)24(22-19(29)2-1-3-20(22)30)32-9-14-10-33-26(36-23(14)17)37-27-35-21(12-40-27)25(39)38-7-6-16(11-38)34-13-31/h1-5,8,10,12-13,16H,6-7,9,11H2,(H2,31,34)(H,33,35,36,37). The van der Waals surface area contributed by atoms with E-state index in [4.69, 9.17) is 22.3 Å². The third-order valence-corrected chi connectivity index (χ3v) is 7.65. The van der Waals surface area contributed by atoms with Crippen molar-refractivity contribution in [1.82, 2.24) is 19.9 Å². The lowest BCUT2D eigenvalue weighted by Gasteiger charge is -2.13. The predicted molar refractivity (Wildman–Crippen MR) is 151 cm³/mol. The molecule has 1 unspecified atom stereocenters. The minimum Gasteiger partial charge on any atom is -0.390 e. The Labute approximate surface area is 236 Å². The van der Waals surface area contributed by atoms with Crippen LogP contribution in [0.3, 0.4) is 0 Å². The molecule has 0 spiro atoms. The van der Waals surface area contributed by atoms with Crippen LogP contribution in [0, 0.1) is 11.6 Å². The number of carbonyl (C=O) groups is 1. The van der Waals surface area contributed by atoms with E-state index < -0.39 is 11.6 Å². The van der Waals surface area contributed by atoms with Gasteiger partial charge in [0.25, 0.3) is 5.91 Å². The minimum atomic E-state index is -0.727. The number of nitrogens with zero attached hydrogens (tertiary/aromatic N) is 6. The fourth-order valence-corrected chi connectivity index (χ4v) is 5.63. The first-order chi connectivity index (χ1) is 19.4. The number of hydrogen-bond acceptors (Lipinski definition) is 8. The number of anilines is 2. The molecule has 4 heterocycles. The molecule has 1 saturated heterocycles. The summed E-state index contributed by atoms with van der Waals surface area (Å²) in [6.45, 7) is 1.18. The number of aliphatic imine (C=N–C) groups is 2. The van der Waals surface area contributed by atoms with E-state index in [1.54, 1.807) is 34.7 Å². The van der Waals surface area contributed by atoms with Crippen LogP contribution in [-0.2, 0) is 6.54 Å². The van der Waals surface area contributed by atoms with Gasteiger partial charge in [0.2, 0.25) is 5.95 Å². The minimum absolute atomic E-state index is 0.00436. The molecule has 0 saturated carbocycles. The molecule has 13 heteroatoms. The van der Waals surface area contributed by atoms with Crippen molar-refractivity contribution in [3.63, 3.8) is 0 Å². The van der Waals surface area contributed by atoms with E-state index >= 15 is 0 Å². The van der Waals surface area contributed by atoms with Gasteiger partial charge in [-0.2, -0.15) is 0 Å². The van der Waals surface area contributed by atoms with Gasteiger partial charge >= 0.3 is 0 Å². The van der Waals surface area contributed by atoms with Crippen molar-refractivity contribution >= 4 is 52.0 Å². The number of fused-ring (bicyclic) bond motifs is 3. The SMILES string of the molecule is NC=NC1CCN(C(=O)c2csc(Nc3ncc4c(n3)-c3ccc(Cl)cc3C(c3c(F)cccc3F)=NC4)n2)C1. The Morgan fingerprint density at radius 1 is 1.20 bits per heavy atom. The Hall–Kier alpha value is -4.29. The zero-order valence-corrected chi connectivity index (χ0v) is 22.4. The maximum absolute atomic E-state index is 14.8. The highest BCUT2D eigenvalue weighted by molar-refractivity contribution is 7.14. The number of carbonyl (C=O) groups excluding carboxylic acids is 1. The zero-order valence-electron chi connectivity index (χ0n) is 20.8. The topological polar surface area (TPSA) is 122 Å². The highest BCUT2D eigenvalue weighted by atomic mass is 35.5. The second-order valence-electron chi connectivity index (χ2n) is 9.17. The van der Waals surface area contributed by atoms with Crippen molar-refractivity contribution in [2.75, 3.05) is 18.4 Å². The second kappa shape index (κ2) is 10.7. The summed E-state index contributed by atoms with van der Waals surface area (Å²) in [5.41, 5.74) is 7.85. The summed E-state index contributed by atoms with van der Waals surface area (Å²) in [4.78, 5) is 36.8. The second-order valence-corrected chi connectivity index (χ2v) is 10.5. The lowest BCUT2D eigenvalue weighted by Crippen LogP contribution is -2.29.